The molecule has 7 heteroatoms. The van der Waals surface area contributed by atoms with Gasteiger partial charge in [0.1, 0.15) is 0 Å². The van der Waals surface area contributed by atoms with E-state index in [0.29, 0.717) is 26.3 Å². The predicted octanol–water partition coefficient (Wildman–Crippen LogP) is 1.84. The number of benzene rings is 1. The maximum atomic E-state index is 13.7. The Morgan fingerprint density at radius 3 is 2.60 bits per heavy atom. The van der Waals surface area contributed by atoms with Gasteiger partial charge >= 0.3 is 0 Å². The van der Waals surface area contributed by atoms with Crippen molar-refractivity contribution in [2.24, 2.45) is 0 Å². The van der Waals surface area contributed by atoms with Gasteiger partial charge in [-0.05, 0) is 29.7 Å². The topological polar surface area (TPSA) is 79.8 Å². The molecule has 2 fully saturated rings. The van der Waals surface area contributed by atoms with Gasteiger partial charge < -0.3 is 9.64 Å². The monoisotopic (exact) mass is 407 g/mol. The van der Waals surface area contributed by atoms with E-state index < -0.39 is 5.41 Å². The summed E-state index contributed by atoms with van der Waals surface area (Å²) in [6, 6.07) is 11.1. The third-order valence-corrected chi connectivity index (χ3v) is 5.95. The molecule has 0 radical (unpaired) electrons. The van der Waals surface area contributed by atoms with E-state index in [4.69, 9.17) is 4.74 Å². The zero-order valence-electron chi connectivity index (χ0n) is 17.0. The fraction of sp³-hybridized carbons (Fsp3) is 0.391. The highest BCUT2D eigenvalue weighted by molar-refractivity contribution is 6.10. The Morgan fingerprint density at radius 2 is 1.90 bits per heavy atom. The Morgan fingerprint density at radius 1 is 1.13 bits per heavy atom. The van der Waals surface area contributed by atoms with Crippen molar-refractivity contribution < 1.29 is 19.1 Å². The molecule has 2 aliphatic rings. The van der Waals surface area contributed by atoms with Crippen LogP contribution in [0.15, 0.2) is 48.8 Å². The number of ether oxygens (including phenoxy) is 1. The van der Waals surface area contributed by atoms with Gasteiger partial charge in [-0.15, -0.1) is 0 Å². The largest absolute Gasteiger partial charge is 0.378 e. The summed E-state index contributed by atoms with van der Waals surface area (Å²) in [6.45, 7) is 4.06. The Labute approximate surface area is 175 Å². The van der Waals surface area contributed by atoms with Crippen LogP contribution in [0.2, 0.25) is 0 Å². The van der Waals surface area contributed by atoms with Crippen LogP contribution in [0, 0.1) is 6.92 Å². The Bertz CT molecular complexity index is 956. The van der Waals surface area contributed by atoms with Gasteiger partial charge in [0, 0.05) is 38.3 Å². The molecule has 0 bridgehead atoms. The Kier molecular flexibility index (Phi) is 5.63. The lowest BCUT2D eigenvalue weighted by molar-refractivity contribution is -0.144. The summed E-state index contributed by atoms with van der Waals surface area (Å²) in [5, 5.41) is 0. The van der Waals surface area contributed by atoms with Crippen LogP contribution in [0.5, 0.6) is 0 Å². The number of aromatic nitrogens is 1. The van der Waals surface area contributed by atoms with Crippen LogP contribution in [0.4, 0.5) is 0 Å². The van der Waals surface area contributed by atoms with Crippen LogP contribution in [-0.2, 0) is 31.1 Å². The lowest BCUT2D eigenvalue weighted by atomic mass is 9.74. The number of nitrogens with zero attached hydrogens (tertiary/aromatic N) is 3. The van der Waals surface area contributed by atoms with Crippen LogP contribution in [0.3, 0.4) is 0 Å². The SMILES string of the molecule is Cc1ccccc1C1(CC(=O)N2CCOCC2)CC(=O)N(Cc2cccnc2)C1=O. The fourth-order valence-electron chi connectivity index (χ4n) is 4.37. The minimum absolute atomic E-state index is 0.00692. The molecule has 4 rings (SSSR count). The number of aryl methyl sites for hydroxylation is 1. The smallest absolute Gasteiger partial charge is 0.241 e. The number of rotatable bonds is 5. The second kappa shape index (κ2) is 8.36. The van der Waals surface area contributed by atoms with Gasteiger partial charge in [-0.3, -0.25) is 24.3 Å². The molecule has 0 saturated carbocycles. The second-order valence-corrected chi connectivity index (χ2v) is 7.89. The molecule has 3 amide bonds. The van der Waals surface area contributed by atoms with Crippen molar-refractivity contribution in [2.45, 2.75) is 31.7 Å². The van der Waals surface area contributed by atoms with Crippen molar-refractivity contribution >= 4 is 17.7 Å². The third-order valence-electron chi connectivity index (χ3n) is 5.95. The number of hydrogen-bond donors (Lipinski definition) is 0. The average molecular weight is 407 g/mol. The quantitative estimate of drug-likeness (QED) is 0.707. The van der Waals surface area contributed by atoms with Crippen molar-refractivity contribution in [1.29, 1.82) is 0 Å². The van der Waals surface area contributed by atoms with Crippen molar-refractivity contribution in [3.05, 3.63) is 65.5 Å². The fourth-order valence-corrected chi connectivity index (χ4v) is 4.37. The minimum atomic E-state index is -1.18. The highest BCUT2D eigenvalue weighted by Crippen LogP contribution is 2.42. The molecule has 0 N–H and O–H groups in total. The molecule has 2 saturated heterocycles. The van der Waals surface area contributed by atoms with Crippen molar-refractivity contribution in [3.8, 4) is 0 Å². The number of pyridine rings is 1. The Hall–Kier alpha value is -3.06. The van der Waals surface area contributed by atoms with Crippen LogP contribution in [0.25, 0.3) is 0 Å². The standard InChI is InChI=1S/C23H25N3O4/c1-17-5-2-3-7-19(17)23(13-20(27)25-9-11-30-12-10-25)14-21(28)26(22(23)29)16-18-6-4-8-24-15-18/h2-8,15H,9-14,16H2,1H3. The number of likely N-dealkylation sites (tertiary alicyclic amines) is 1. The molecule has 3 heterocycles. The molecular weight excluding hydrogens is 382 g/mol. The normalized spacial score (nSPS) is 21.9. The van der Waals surface area contributed by atoms with Gasteiger partial charge in [-0.1, -0.05) is 30.3 Å². The highest BCUT2D eigenvalue weighted by Gasteiger charge is 2.54. The summed E-state index contributed by atoms with van der Waals surface area (Å²) in [6.07, 6.45) is 3.27. The molecule has 2 aromatic rings. The van der Waals surface area contributed by atoms with Gasteiger partial charge in [0.15, 0.2) is 0 Å². The summed E-state index contributed by atoms with van der Waals surface area (Å²) < 4.78 is 5.34. The molecule has 156 valence electrons. The van der Waals surface area contributed by atoms with Crippen molar-refractivity contribution in [1.82, 2.24) is 14.8 Å². The van der Waals surface area contributed by atoms with Crippen molar-refractivity contribution in [2.75, 3.05) is 26.3 Å². The molecule has 0 aliphatic carbocycles. The van der Waals surface area contributed by atoms with Crippen LogP contribution < -0.4 is 0 Å². The van der Waals surface area contributed by atoms with E-state index in [0.717, 1.165) is 16.7 Å². The van der Waals surface area contributed by atoms with E-state index in [1.807, 2.05) is 37.3 Å². The first-order valence-electron chi connectivity index (χ1n) is 10.2. The van der Waals surface area contributed by atoms with Crippen LogP contribution >= 0.6 is 0 Å². The zero-order chi connectivity index (χ0) is 21.1. The second-order valence-electron chi connectivity index (χ2n) is 7.89. The van der Waals surface area contributed by atoms with E-state index in [1.54, 1.807) is 23.4 Å². The molecule has 0 spiro atoms. The van der Waals surface area contributed by atoms with E-state index in [1.165, 1.54) is 4.90 Å². The van der Waals surface area contributed by atoms with E-state index in [9.17, 15) is 14.4 Å². The van der Waals surface area contributed by atoms with Crippen LogP contribution in [-0.4, -0.2) is 58.8 Å². The van der Waals surface area contributed by atoms with Gasteiger partial charge in [0.05, 0.1) is 25.2 Å². The Balaban J connectivity index is 1.69. The van der Waals surface area contributed by atoms with Gasteiger partial charge in [0.25, 0.3) is 0 Å². The summed E-state index contributed by atoms with van der Waals surface area (Å²) in [5.74, 6) is -0.694. The number of imide groups is 1. The van der Waals surface area contributed by atoms with Crippen LogP contribution in [0.1, 0.15) is 29.5 Å². The molecule has 1 atom stereocenters. The minimum Gasteiger partial charge on any atom is -0.378 e. The number of amides is 3. The first-order valence-corrected chi connectivity index (χ1v) is 10.2. The number of hydrogen-bond acceptors (Lipinski definition) is 5. The molecule has 1 aromatic heterocycles. The lowest BCUT2D eigenvalue weighted by Gasteiger charge is -2.33. The molecule has 1 aromatic carbocycles. The molecule has 30 heavy (non-hydrogen) atoms. The molecule has 2 aliphatic heterocycles. The van der Waals surface area contributed by atoms with Crippen molar-refractivity contribution in [3.63, 3.8) is 0 Å². The average Bonchev–Trinajstić information content (AvgIpc) is 3.00. The van der Waals surface area contributed by atoms with Gasteiger partial charge in [0.2, 0.25) is 17.7 Å². The number of carbonyl (C=O) groups is 3. The first-order chi connectivity index (χ1) is 14.5. The van der Waals surface area contributed by atoms with E-state index in [-0.39, 0.29) is 37.1 Å². The summed E-state index contributed by atoms with van der Waals surface area (Å²) >= 11 is 0. The lowest BCUT2D eigenvalue weighted by Crippen LogP contribution is -2.46. The summed E-state index contributed by atoms with van der Waals surface area (Å²) in [4.78, 5) is 46.9. The van der Waals surface area contributed by atoms with Gasteiger partial charge in [-0.2, -0.15) is 0 Å². The molecule has 1 unspecified atom stereocenters. The first kappa shape index (κ1) is 20.2. The zero-order valence-corrected chi connectivity index (χ0v) is 17.0. The predicted molar refractivity (Wildman–Crippen MR) is 109 cm³/mol. The van der Waals surface area contributed by atoms with Gasteiger partial charge in [-0.25, -0.2) is 0 Å². The maximum absolute atomic E-state index is 13.7. The maximum Gasteiger partial charge on any atom is 0.241 e. The van der Waals surface area contributed by atoms with E-state index in [2.05, 4.69) is 4.98 Å². The third kappa shape index (κ3) is 3.73. The number of carbonyl (C=O) groups excluding carboxylic acids is 3. The van der Waals surface area contributed by atoms with E-state index >= 15 is 0 Å². The molecular formula is C23H25N3O4. The summed E-state index contributed by atoms with van der Waals surface area (Å²) in [5.41, 5.74) is 1.25. The highest BCUT2D eigenvalue weighted by atomic mass is 16.5. The molecule has 7 nitrogen and oxygen atoms in total. The number of morpholine rings is 1. The summed E-state index contributed by atoms with van der Waals surface area (Å²) in [7, 11) is 0.